The molecule has 0 heterocycles. The summed E-state index contributed by atoms with van der Waals surface area (Å²) in [5.74, 6) is 0. The molecule has 0 amide bonds. The Balaban J connectivity index is 0. The molecule has 0 aromatic heterocycles. The van der Waals surface area contributed by atoms with Crippen molar-refractivity contribution in [2.24, 2.45) is 0 Å². The van der Waals surface area contributed by atoms with E-state index in [4.69, 9.17) is 0 Å². The minimum atomic E-state index is 0. The summed E-state index contributed by atoms with van der Waals surface area (Å²) in [6.07, 6.45) is 0. The molecular formula is AsSb3. The van der Waals surface area contributed by atoms with E-state index in [1.54, 1.807) is 0 Å². The fourth-order valence-electron chi connectivity index (χ4n) is 0. The topological polar surface area (TPSA) is 0 Å². The molecule has 0 aliphatic heterocycles. The third kappa shape index (κ3) is 8.89. The molecule has 0 aromatic rings. The van der Waals surface area contributed by atoms with Gasteiger partial charge in [-0.15, -0.1) is 0 Å². The minimum Gasteiger partial charge on any atom is 0 e. The van der Waals surface area contributed by atoms with Gasteiger partial charge in [0.1, 0.15) is 0 Å². The van der Waals surface area contributed by atoms with Crippen LogP contribution >= 0.6 is 0 Å². The van der Waals surface area contributed by atoms with Gasteiger partial charge < -0.3 is 0 Å². The number of rotatable bonds is 0. The third-order valence-electron chi connectivity index (χ3n) is 0. The van der Waals surface area contributed by atoms with Crippen LogP contribution in [0.25, 0.3) is 0 Å². The fraction of sp³-hybridized carbons (Fsp3) is 0. The quantitative estimate of drug-likeness (QED) is 0.402. The molecule has 4 heteroatoms. The molecule has 0 fully saturated rings. The van der Waals surface area contributed by atoms with Gasteiger partial charge in [-0.1, -0.05) is 0 Å². The standard InChI is InChI=1S/As.3Sb. The van der Waals surface area contributed by atoms with E-state index in [0.29, 0.717) is 0 Å². The van der Waals surface area contributed by atoms with Crippen molar-refractivity contribution < 1.29 is 0 Å². The van der Waals surface area contributed by atoms with Crippen LogP contribution in [0.3, 0.4) is 0 Å². The molecule has 20 valence electrons. The Kier molecular flexibility index (Phi) is 116. The van der Waals surface area contributed by atoms with E-state index in [-0.39, 0.29) is 91.2 Å². The Bertz CT molecular complexity index is 3.25. The van der Waals surface area contributed by atoms with Crippen LogP contribution in [-0.2, 0) is 0 Å². The van der Waals surface area contributed by atoms with Gasteiger partial charge in [-0.3, -0.25) is 0 Å². The van der Waals surface area contributed by atoms with E-state index >= 15 is 0 Å². The Hall–Kier alpha value is 3.01. The van der Waals surface area contributed by atoms with Crippen molar-refractivity contribution in [3.63, 3.8) is 0 Å². The van der Waals surface area contributed by atoms with Crippen molar-refractivity contribution in [2.45, 2.75) is 0 Å². The molecule has 12 radical (unpaired) electrons. The van der Waals surface area contributed by atoms with Crippen LogP contribution in [0, 0.1) is 0 Å². The summed E-state index contributed by atoms with van der Waals surface area (Å²) in [6.45, 7) is 0. The average Bonchev–Trinajstić information content (AvgIpc) is 0. The van der Waals surface area contributed by atoms with Crippen molar-refractivity contribution in [3.8, 4) is 0 Å². The van der Waals surface area contributed by atoms with Crippen molar-refractivity contribution in [1.29, 1.82) is 0 Å². The number of hydrogen-bond donors (Lipinski definition) is 0. The smallest absolute Gasteiger partial charge is 0 e. The first-order valence-electron chi connectivity index (χ1n) is 0. The first-order chi connectivity index (χ1) is 0. The molecule has 0 unspecified atom stereocenters. The maximum atomic E-state index is 0. The number of hydrogen-bond acceptors (Lipinski definition) is 0. The maximum absolute atomic E-state index is 0. The predicted octanol–water partition coefficient (Wildman–Crippen LogP) is -1.52. The first-order valence-corrected chi connectivity index (χ1v) is 0. The van der Waals surface area contributed by atoms with Crippen LogP contribution in [0.1, 0.15) is 0 Å². The summed E-state index contributed by atoms with van der Waals surface area (Å²) in [5.41, 5.74) is 0. The Morgan fingerprint density at radius 2 is 0.500 bits per heavy atom. The van der Waals surface area contributed by atoms with Gasteiger partial charge in [0.2, 0.25) is 0 Å². The van der Waals surface area contributed by atoms with Gasteiger partial charge >= 0.3 is 0 Å². The molecule has 0 aliphatic carbocycles. The van der Waals surface area contributed by atoms with E-state index in [9.17, 15) is 0 Å². The molecule has 0 rings (SSSR count). The molecular weight excluding hydrogens is 440 g/mol. The van der Waals surface area contributed by atoms with E-state index in [1.165, 1.54) is 0 Å². The zero-order valence-corrected chi connectivity index (χ0v) is 11.3. The minimum absolute atomic E-state index is 0. The molecule has 4 heavy (non-hydrogen) atoms. The van der Waals surface area contributed by atoms with Gasteiger partial charge in [0.25, 0.3) is 0 Å². The van der Waals surface area contributed by atoms with Crippen LogP contribution < -0.4 is 0 Å². The summed E-state index contributed by atoms with van der Waals surface area (Å²) in [6, 6.07) is 0. The summed E-state index contributed by atoms with van der Waals surface area (Å²) in [4.78, 5) is 0. The van der Waals surface area contributed by atoms with Gasteiger partial charge in [-0.2, -0.15) is 0 Å². The SMILES string of the molecule is [As].[Sb].[Sb].[Sb]. The van der Waals surface area contributed by atoms with Gasteiger partial charge in [-0.05, 0) is 0 Å². The molecule has 0 bridgehead atoms. The zero-order chi connectivity index (χ0) is 0. The second-order valence-electron chi connectivity index (χ2n) is 0. The van der Waals surface area contributed by atoms with Crippen LogP contribution in [0.2, 0.25) is 0 Å². The largest absolute Gasteiger partial charge is 0 e. The maximum Gasteiger partial charge on any atom is 0 e. The van der Waals surface area contributed by atoms with Crippen LogP contribution in [0.15, 0.2) is 0 Å². The van der Waals surface area contributed by atoms with Crippen LogP contribution in [0.4, 0.5) is 0 Å². The summed E-state index contributed by atoms with van der Waals surface area (Å²) in [5, 5.41) is 0. The second kappa shape index (κ2) is 16.6. The predicted molar refractivity (Wildman–Crippen MR) is 23.0 cm³/mol. The molecule has 0 atom stereocenters. The third-order valence-corrected chi connectivity index (χ3v) is 0. The van der Waals surface area contributed by atoms with Crippen molar-refractivity contribution in [1.82, 2.24) is 0 Å². The van der Waals surface area contributed by atoms with Crippen molar-refractivity contribution >= 4 is 91.2 Å². The van der Waals surface area contributed by atoms with Crippen LogP contribution in [-0.4, -0.2) is 91.2 Å². The molecule has 0 saturated carbocycles. The second-order valence-corrected chi connectivity index (χ2v) is 0. The van der Waals surface area contributed by atoms with Gasteiger partial charge in [0, 0.05) is 91.2 Å². The summed E-state index contributed by atoms with van der Waals surface area (Å²) in [7, 11) is 0. The Morgan fingerprint density at radius 1 is 0.500 bits per heavy atom. The van der Waals surface area contributed by atoms with Gasteiger partial charge in [0.05, 0.1) is 0 Å². The van der Waals surface area contributed by atoms with Crippen molar-refractivity contribution in [3.05, 3.63) is 0 Å². The first kappa shape index (κ1) is 27.9. The van der Waals surface area contributed by atoms with E-state index in [2.05, 4.69) is 0 Å². The summed E-state index contributed by atoms with van der Waals surface area (Å²) >= 11 is 0. The molecule has 0 N–H and O–H groups in total. The van der Waals surface area contributed by atoms with E-state index in [0.717, 1.165) is 0 Å². The zero-order valence-electron chi connectivity index (χ0n) is 1.79. The molecule has 0 spiro atoms. The molecule has 0 aromatic carbocycles. The Morgan fingerprint density at radius 3 is 0.500 bits per heavy atom. The van der Waals surface area contributed by atoms with E-state index in [1.807, 2.05) is 0 Å². The average molecular weight is 440 g/mol. The van der Waals surface area contributed by atoms with Crippen LogP contribution in [0.5, 0.6) is 0 Å². The molecule has 0 aliphatic rings. The fourth-order valence-corrected chi connectivity index (χ4v) is 0. The van der Waals surface area contributed by atoms with Crippen molar-refractivity contribution in [2.75, 3.05) is 0 Å². The Labute approximate surface area is 89.5 Å². The van der Waals surface area contributed by atoms with Gasteiger partial charge in [-0.25, -0.2) is 0 Å². The molecule has 0 saturated heterocycles. The van der Waals surface area contributed by atoms with E-state index < -0.39 is 0 Å². The normalized spacial score (nSPS) is 0. The monoisotopic (exact) mass is 438 g/mol. The summed E-state index contributed by atoms with van der Waals surface area (Å²) < 4.78 is 0. The van der Waals surface area contributed by atoms with Gasteiger partial charge in [0.15, 0.2) is 0 Å². The molecule has 0 nitrogen and oxygen atoms in total.